The molecule has 0 aliphatic rings. The van der Waals surface area contributed by atoms with Crippen molar-refractivity contribution < 1.29 is 14.2 Å². The molecular weight excluding hydrogens is 465 g/mol. The molecule has 0 saturated carbocycles. The Morgan fingerprint density at radius 1 is 1.08 bits per heavy atom. The van der Waals surface area contributed by atoms with Gasteiger partial charge in [0.15, 0.2) is 17.5 Å². The molecule has 1 aromatic carbocycles. The van der Waals surface area contributed by atoms with Crippen LogP contribution in [0.2, 0.25) is 0 Å². The molecule has 0 spiro atoms. The van der Waals surface area contributed by atoms with Crippen molar-refractivity contribution >= 4 is 41.7 Å². The number of thioether (sulfide) groups is 1. The number of guanidine groups is 1. The average Bonchev–Trinajstić information content (AvgIpc) is 2.62. The summed E-state index contributed by atoms with van der Waals surface area (Å²) in [6.07, 6.45) is 2.11. The molecule has 0 saturated heterocycles. The number of hydrogen-bond donors (Lipinski definition) is 2. The van der Waals surface area contributed by atoms with Gasteiger partial charge in [-0.05, 0) is 39.2 Å². The molecule has 0 heterocycles. The van der Waals surface area contributed by atoms with Crippen LogP contribution in [0.5, 0.6) is 17.2 Å². The van der Waals surface area contributed by atoms with Crippen molar-refractivity contribution in [1.82, 2.24) is 10.6 Å². The maximum absolute atomic E-state index is 5.52. The number of aliphatic imine (C=N–C) groups is 1. The number of ether oxygens (including phenoxy) is 3. The number of benzene rings is 1. The lowest BCUT2D eigenvalue weighted by atomic mass is 10.1. The Kier molecular flexibility index (Phi) is 11.9. The second-order valence-electron chi connectivity index (χ2n) is 6.01. The Morgan fingerprint density at radius 2 is 1.73 bits per heavy atom. The smallest absolute Gasteiger partial charge is 0.203 e. The second kappa shape index (κ2) is 12.4. The van der Waals surface area contributed by atoms with Crippen molar-refractivity contribution in [3.8, 4) is 17.2 Å². The molecule has 0 aliphatic carbocycles. The van der Waals surface area contributed by atoms with Gasteiger partial charge in [0, 0.05) is 23.4 Å². The summed E-state index contributed by atoms with van der Waals surface area (Å²) in [5.41, 5.74) is 0.932. The minimum Gasteiger partial charge on any atom is -0.493 e. The second-order valence-corrected chi connectivity index (χ2v) is 7.52. The van der Waals surface area contributed by atoms with E-state index in [9.17, 15) is 0 Å². The van der Waals surface area contributed by atoms with Gasteiger partial charge in [-0.3, -0.25) is 0 Å². The summed E-state index contributed by atoms with van der Waals surface area (Å²) in [4.78, 5) is 4.67. The summed E-state index contributed by atoms with van der Waals surface area (Å²) in [6.45, 7) is 8.54. The standard InChI is InChI=1S/C18H31N3O3S.HI/c1-8-19-17(21-12-18(2,3)25-7)20-11-13-9-10-14(22-4)16(24-6)15(13)23-5;/h9-10H,8,11-12H2,1-7H3,(H2,19,20,21);1H. The van der Waals surface area contributed by atoms with Gasteiger partial charge < -0.3 is 24.8 Å². The molecular formula is C18H32IN3O3S. The van der Waals surface area contributed by atoms with Crippen LogP contribution >= 0.6 is 35.7 Å². The van der Waals surface area contributed by atoms with Crippen molar-refractivity contribution in [1.29, 1.82) is 0 Å². The molecule has 1 aromatic rings. The normalized spacial score (nSPS) is 11.4. The van der Waals surface area contributed by atoms with Crippen LogP contribution in [0.1, 0.15) is 26.3 Å². The fraction of sp³-hybridized carbons (Fsp3) is 0.611. The van der Waals surface area contributed by atoms with Gasteiger partial charge in [-0.1, -0.05) is 0 Å². The minimum absolute atomic E-state index is 0. The van der Waals surface area contributed by atoms with E-state index in [1.165, 1.54) is 0 Å². The van der Waals surface area contributed by atoms with E-state index in [4.69, 9.17) is 14.2 Å². The van der Waals surface area contributed by atoms with Crippen LogP contribution < -0.4 is 24.8 Å². The number of halogens is 1. The molecule has 0 amide bonds. The Balaban J connectivity index is 0.00000625. The fourth-order valence-electron chi connectivity index (χ4n) is 2.16. The van der Waals surface area contributed by atoms with Crippen molar-refractivity contribution in [2.24, 2.45) is 4.99 Å². The third-order valence-electron chi connectivity index (χ3n) is 3.77. The van der Waals surface area contributed by atoms with E-state index in [1.807, 2.05) is 30.8 Å². The quantitative estimate of drug-likeness (QED) is 0.309. The number of nitrogens with zero attached hydrogens (tertiary/aromatic N) is 1. The first-order valence-corrected chi connectivity index (χ1v) is 9.50. The summed E-state index contributed by atoms with van der Waals surface area (Å²) < 4.78 is 16.4. The number of methoxy groups -OCH3 is 3. The molecule has 0 bridgehead atoms. The predicted octanol–water partition coefficient (Wildman–Crippen LogP) is 3.53. The van der Waals surface area contributed by atoms with E-state index in [0.29, 0.717) is 23.8 Å². The molecule has 0 fully saturated rings. The zero-order valence-corrected chi connectivity index (χ0v) is 19.9. The van der Waals surface area contributed by atoms with Gasteiger partial charge in [0.05, 0.1) is 27.9 Å². The van der Waals surface area contributed by atoms with Crippen molar-refractivity contribution in [2.45, 2.75) is 32.1 Å². The molecule has 6 nitrogen and oxygen atoms in total. The third-order valence-corrected chi connectivity index (χ3v) is 5.02. The summed E-state index contributed by atoms with van der Waals surface area (Å²) in [7, 11) is 4.83. The van der Waals surface area contributed by atoms with Gasteiger partial charge >= 0.3 is 0 Å². The zero-order chi connectivity index (χ0) is 18.9. The number of nitrogens with one attached hydrogen (secondary N) is 2. The topological polar surface area (TPSA) is 64.1 Å². The van der Waals surface area contributed by atoms with Gasteiger partial charge in [0.1, 0.15) is 0 Å². The van der Waals surface area contributed by atoms with Crippen LogP contribution in [0.15, 0.2) is 17.1 Å². The van der Waals surface area contributed by atoms with Gasteiger partial charge in [-0.25, -0.2) is 4.99 Å². The first-order chi connectivity index (χ1) is 11.9. The van der Waals surface area contributed by atoms with Crippen molar-refractivity contribution in [3.63, 3.8) is 0 Å². The van der Waals surface area contributed by atoms with E-state index in [0.717, 1.165) is 24.6 Å². The molecule has 0 atom stereocenters. The third kappa shape index (κ3) is 7.30. The van der Waals surface area contributed by atoms with Crippen LogP contribution in [0, 0.1) is 0 Å². The van der Waals surface area contributed by atoms with E-state index in [1.54, 1.807) is 21.3 Å². The van der Waals surface area contributed by atoms with Crippen molar-refractivity contribution in [2.75, 3.05) is 40.7 Å². The van der Waals surface area contributed by atoms with Gasteiger partial charge in [0.2, 0.25) is 5.75 Å². The molecule has 1 rings (SSSR count). The lowest BCUT2D eigenvalue weighted by molar-refractivity contribution is 0.322. The van der Waals surface area contributed by atoms with E-state index < -0.39 is 0 Å². The fourth-order valence-corrected chi connectivity index (χ4v) is 2.38. The SMILES string of the molecule is CCNC(=NCc1ccc(OC)c(OC)c1OC)NCC(C)(C)SC.I. The molecule has 150 valence electrons. The summed E-state index contributed by atoms with van der Waals surface area (Å²) in [5, 5.41) is 6.66. The Bertz CT molecular complexity index is 583. The van der Waals surface area contributed by atoms with Gasteiger partial charge in [-0.15, -0.1) is 24.0 Å². The highest BCUT2D eigenvalue weighted by Gasteiger charge is 2.17. The van der Waals surface area contributed by atoms with Crippen LogP contribution in [-0.4, -0.2) is 51.4 Å². The Hall–Kier alpha value is -1.03. The predicted molar refractivity (Wildman–Crippen MR) is 122 cm³/mol. The first kappa shape index (κ1) is 25.0. The largest absolute Gasteiger partial charge is 0.493 e. The number of rotatable bonds is 9. The highest BCUT2D eigenvalue weighted by atomic mass is 127. The average molecular weight is 497 g/mol. The lowest BCUT2D eigenvalue weighted by Crippen LogP contribution is -2.43. The van der Waals surface area contributed by atoms with Crippen LogP contribution in [0.4, 0.5) is 0 Å². The van der Waals surface area contributed by atoms with Gasteiger partial charge in [-0.2, -0.15) is 11.8 Å². The molecule has 0 aromatic heterocycles. The van der Waals surface area contributed by atoms with Crippen LogP contribution in [-0.2, 0) is 6.54 Å². The first-order valence-electron chi connectivity index (χ1n) is 8.27. The van der Waals surface area contributed by atoms with E-state index >= 15 is 0 Å². The molecule has 0 radical (unpaired) electrons. The van der Waals surface area contributed by atoms with Crippen LogP contribution in [0.3, 0.4) is 0 Å². The minimum atomic E-state index is 0. The Labute approximate surface area is 178 Å². The maximum atomic E-state index is 5.52. The Morgan fingerprint density at radius 3 is 2.23 bits per heavy atom. The lowest BCUT2D eigenvalue weighted by Gasteiger charge is -2.23. The van der Waals surface area contributed by atoms with Gasteiger partial charge in [0.25, 0.3) is 0 Å². The molecule has 8 heteroatoms. The highest BCUT2D eigenvalue weighted by Crippen LogP contribution is 2.39. The summed E-state index contributed by atoms with van der Waals surface area (Å²) in [6, 6.07) is 3.81. The highest BCUT2D eigenvalue weighted by molar-refractivity contribution is 14.0. The maximum Gasteiger partial charge on any atom is 0.203 e. The zero-order valence-electron chi connectivity index (χ0n) is 16.8. The monoisotopic (exact) mass is 497 g/mol. The molecule has 0 aliphatic heterocycles. The summed E-state index contributed by atoms with van der Waals surface area (Å²) >= 11 is 1.82. The van der Waals surface area contributed by atoms with E-state index in [-0.39, 0.29) is 28.7 Å². The summed E-state index contributed by atoms with van der Waals surface area (Å²) in [5.74, 6) is 2.64. The molecule has 0 unspecified atom stereocenters. The van der Waals surface area contributed by atoms with Crippen LogP contribution in [0.25, 0.3) is 0 Å². The van der Waals surface area contributed by atoms with E-state index in [2.05, 4.69) is 35.7 Å². The number of hydrogen-bond acceptors (Lipinski definition) is 5. The molecule has 2 N–H and O–H groups in total. The van der Waals surface area contributed by atoms with Crippen molar-refractivity contribution in [3.05, 3.63) is 17.7 Å². The molecule has 26 heavy (non-hydrogen) atoms.